The maximum absolute atomic E-state index is 12.9. The number of amides is 1. The van der Waals surface area contributed by atoms with Gasteiger partial charge in [0.25, 0.3) is 7.82 Å². The molecule has 0 aromatic heterocycles. The van der Waals surface area contributed by atoms with Crippen molar-refractivity contribution in [3.63, 3.8) is 0 Å². The van der Waals surface area contributed by atoms with Crippen LogP contribution in [-0.2, 0) is 18.4 Å². The van der Waals surface area contributed by atoms with Crippen LogP contribution in [0, 0.1) is 0 Å². The summed E-state index contributed by atoms with van der Waals surface area (Å²) in [6.07, 6.45) is 46.6. The van der Waals surface area contributed by atoms with Gasteiger partial charge >= 0.3 is 0 Å². The Kier molecular flexibility index (Phi) is 36.7. The molecule has 9 nitrogen and oxygen atoms in total. The topological polar surface area (TPSA) is 128 Å². The summed E-state index contributed by atoms with van der Waals surface area (Å²) in [6, 6.07) is -1.10. The first-order chi connectivity index (χ1) is 27.4. The van der Waals surface area contributed by atoms with Gasteiger partial charge in [-0.1, -0.05) is 138 Å². The SMILES string of the molecule is CC/C=C\C/C=C\C/C=C\C/C=C\CCCCCCCCCCC(=O)NC(COP(=O)([O-])OCC[N+](C)(C)C)C(O)C(O)CCC/C=C/CC/C=C/CCCCC. The van der Waals surface area contributed by atoms with Crippen molar-refractivity contribution in [2.24, 2.45) is 0 Å². The fourth-order valence-corrected chi connectivity index (χ4v) is 6.63. The molecule has 0 aliphatic heterocycles. The Balaban J connectivity index is 4.52. The third kappa shape index (κ3) is 39.1. The maximum Gasteiger partial charge on any atom is 0.268 e. The summed E-state index contributed by atoms with van der Waals surface area (Å²) in [4.78, 5) is 25.4. The molecule has 0 bridgehead atoms. The highest BCUT2D eigenvalue weighted by atomic mass is 31.2. The number of carbonyl (C=O) groups excluding carboxylic acids is 1. The van der Waals surface area contributed by atoms with E-state index in [0.29, 0.717) is 30.3 Å². The minimum Gasteiger partial charge on any atom is -0.756 e. The summed E-state index contributed by atoms with van der Waals surface area (Å²) in [5.74, 6) is -0.306. The lowest BCUT2D eigenvalue weighted by molar-refractivity contribution is -0.870. The lowest BCUT2D eigenvalue weighted by atomic mass is 10.0. The lowest BCUT2D eigenvalue weighted by Gasteiger charge is -2.31. The number of aliphatic hydroxyl groups excluding tert-OH is 2. The van der Waals surface area contributed by atoms with E-state index in [2.05, 4.69) is 92.1 Å². The maximum atomic E-state index is 12.9. The minimum absolute atomic E-state index is 0.0543. The molecule has 4 unspecified atom stereocenters. The van der Waals surface area contributed by atoms with Crippen molar-refractivity contribution in [2.45, 2.75) is 180 Å². The molecule has 0 aliphatic carbocycles. The van der Waals surface area contributed by atoms with Crippen molar-refractivity contribution in [3.8, 4) is 0 Å². The summed E-state index contributed by atoms with van der Waals surface area (Å²) < 4.78 is 23.1. The van der Waals surface area contributed by atoms with Crippen LogP contribution in [0.15, 0.2) is 72.9 Å². The average molecular weight is 821 g/mol. The molecule has 0 heterocycles. The quantitative estimate of drug-likeness (QED) is 0.0244. The Bertz CT molecular complexity index is 1170. The summed E-state index contributed by atoms with van der Waals surface area (Å²) in [7, 11) is 1.08. The van der Waals surface area contributed by atoms with Crippen LogP contribution in [0.2, 0.25) is 0 Å². The molecule has 57 heavy (non-hydrogen) atoms. The van der Waals surface area contributed by atoms with Gasteiger partial charge in [-0.3, -0.25) is 9.36 Å². The molecule has 10 heteroatoms. The van der Waals surface area contributed by atoms with E-state index in [-0.39, 0.29) is 18.9 Å². The molecule has 3 N–H and O–H groups in total. The third-order valence-corrected chi connectivity index (χ3v) is 10.5. The second-order valence-electron chi connectivity index (χ2n) is 16.1. The van der Waals surface area contributed by atoms with Gasteiger partial charge in [0.1, 0.15) is 19.3 Å². The normalized spacial score (nSPS) is 15.6. The van der Waals surface area contributed by atoms with Crippen molar-refractivity contribution in [1.82, 2.24) is 5.32 Å². The van der Waals surface area contributed by atoms with Crippen LogP contribution in [0.1, 0.15) is 162 Å². The van der Waals surface area contributed by atoms with E-state index in [9.17, 15) is 24.5 Å². The number of aliphatic hydroxyl groups is 2. The number of unbranched alkanes of at least 4 members (excludes halogenated alkanes) is 13. The van der Waals surface area contributed by atoms with Gasteiger partial charge in [0.2, 0.25) is 5.91 Å². The first kappa shape index (κ1) is 54.9. The van der Waals surface area contributed by atoms with E-state index in [4.69, 9.17) is 9.05 Å². The smallest absolute Gasteiger partial charge is 0.268 e. The molecule has 0 saturated carbocycles. The Morgan fingerprint density at radius 2 is 1.12 bits per heavy atom. The predicted octanol–water partition coefficient (Wildman–Crippen LogP) is 10.8. The van der Waals surface area contributed by atoms with Gasteiger partial charge in [0.05, 0.1) is 39.9 Å². The highest BCUT2D eigenvalue weighted by Gasteiger charge is 2.29. The van der Waals surface area contributed by atoms with Gasteiger partial charge in [-0.2, -0.15) is 0 Å². The second kappa shape index (κ2) is 38.1. The monoisotopic (exact) mass is 821 g/mol. The molecular formula is C47H85N2O7P. The molecule has 0 radical (unpaired) electrons. The lowest BCUT2D eigenvalue weighted by Crippen LogP contribution is -2.51. The van der Waals surface area contributed by atoms with E-state index >= 15 is 0 Å². The van der Waals surface area contributed by atoms with Gasteiger partial charge in [0, 0.05) is 6.42 Å². The van der Waals surface area contributed by atoms with Gasteiger partial charge in [-0.15, -0.1) is 0 Å². The zero-order valence-corrected chi connectivity index (χ0v) is 37.8. The number of hydrogen-bond acceptors (Lipinski definition) is 7. The Hall–Kier alpha value is -2.10. The number of quaternary nitrogens is 1. The van der Waals surface area contributed by atoms with Crippen molar-refractivity contribution in [1.29, 1.82) is 0 Å². The molecule has 4 atom stereocenters. The molecule has 0 spiro atoms. The first-order valence-corrected chi connectivity index (χ1v) is 23.8. The third-order valence-electron chi connectivity index (χ3n) is 9.50. The zero-order chi connectivity index (χ0) is 42.3. The van der Waals surface area contributed by atoms with Gasteiger partial charge in [0.15, 0.2) is 0 Å². The molecule has 0 aromatic carbocycles. The van der Waals surface area contributed by atoms with Crippen LogP contribution < -0.4 is 10.2 Å². The van der Waals surface area contributed by atoms with Gasteiger partial charge < -0.3 is 34.0 Å². The van der Waals surface area contributed by atoms with Crippen molar-refractivity contribution >= 4 is 13.7 Å². The van der Waals surface area contributed by atoms with Crippen molar-refractivity contribution < 1.29 is 38.0 Å². The molecule has 0 aliphatic rings. The first-order valence-electron chi connectivity index (χ1n) is 22.4. The summed E-state index contributed by atoms with van der Waals surface area (Å²) in [5, 5.41) is 24.5. The second-order valence-corrected chi connectivity index (χ2v) is 17.5. The number of likely N-dealkylation sites (N-methyl/N-ethyl adjacent to an activating group) is 1. The number of phosphoric acid groups is 1. The number of allylic oxidation sites excluding steroid dienone is 12. The predicted molar refractivity (Wildman–Crippen MR) is 239 cm³/mol. The standard InChI is InChI=1S/C47H85N2O7P/c1-6-8-10-12-14-16-18-20-21-22-23-24-25-26-27-28-30-32-34-36-38-40-46(51)48-44(43-56-57(53,54)55-42-41-49(3,4)5)47(52)45(50)39-37-35-33-31-29-19-17-15-13-11-9-7-2/h8,10,14-17,20-21,23-24,31,33,44-45,47,50,52H,6-7,9,11-13,18-19,22,25-30,32,34-43H2,1-5H3,(H-,48,51,53,54)/b10-8-,16-14-,17-15+,21-20-,24-23-,33-31+. The summed E-state index contributed by atoms with van der Waals surface area (Å²) in [5.41, 5.74) is 0. The van der Waals surface area contributed by atoms with Crippen LogP contribution in [0.3, 0.4) is 0 Å². The van der Waals surface area contributed by atoms with E-state index in [1.54, 1.807) is 0 Å². The number of phosphoric ester groups is 1. The molecule has 330 valence electrons. The Labute approximate surface area is 349 Å². The van der Waals surface area contributed by atoms with Crippen molar-refractivity contribution in [2.75, 3.05) is 40.9 Å². The molecule has 0 saturated heterocycles. The fourth-order valence-electron chi connectivity index (χ4n) is 5.91. The number of nitrogens with zero attached hydrogens (tertiary/aromatic N) is 1. The fraction of sp³-hybridized carbons (Fsp3) is 0.723. The number of nitrogens with one attached hydrogen (secondary N) is 1. The zero-order valence-electron chi connectivity index (χ0n) is 36.9. The molecule has 0 aromatic rings. The highest BCUT2D eigenvalue weighted by Crippen LogP contribution is 2.38. The highest BCUT2D eigenvalue weighted by molar-refractivity contribution is 7.45. The molecular weight excluding hydrogens is 735 g/mol. The summed E-state index contributed by atoms with van der Waals surface area (Å²) >= 11 is 0. The largest absolute Gasteiger partial charge is 0.756 e. The number of hydrogen-bond donors (Lipinski definition) is 3. The Morgan fingerprint density at radius 1 is 0.649 bits per heavy atom. The van der Waals surface area contributed by atoms with Crippen LogP contribution in [0.4, 0.5) is 0 Å². The number of rotatable bonds is 39. The van der Waals surface area contributed by atoms with E-state index < -0.39 is 32.7 Å². The average Bonchev–Trinajstić information content (AvgIpc) is 3.16. The molecule has 1 amide bonds. The van der Waals surface area contributed by atoms with Crippen LogP contribution >= 0.6 is 7.82 Å². The Morgan fingerprint density at radius 3 is 1.68 bits per heavy atom. The van der Waals surface area contributed by atoms with Gasteiger partial charge in [-0.05, 0) is 89.9 Å². The van der Waals surface area contributed by atoms with Crippen LogP contribution in [-0.4, -0.2) is 79.8 Å². The molecule has 0 fully saturated rings. The summed E-state index contributed by atoms with van der Waals surface area (Å²) in [6.45, 7) is 4.23. The van der Waals surface area contributed by atoms with Gasteiger partial charge in [-0.25, -0.2) is 0 Å². The van der Waals surface area contributed by atoms with E-state index in [0.717, 1.165) is 77.0 Å². The van der Waals surface area contributed by atoms with E-state index in [1.807, 2.05) is 21.1 Å². The number of carbonyl (C=O) groups is 1. The minimum atomic E-state index is -4.68. The molecule has 0 rings (SSSR count). The van der Waals surface area contributed by atoms with Crippen molar-refractivity contribution in [3.05, 3.63) is 72.9 Å². The van der Waals surface area contributed by atoms with Crippen LogP contribution in [0.5, 0.6) is 0 Å². The van der Waals surface area contributed by atoms with Crippen LogP contribution in [0.25, 0.3) is 0 Å². The van der Waals surface area contributed by atoms with E-state index in [1.165, 1.54) is 44.9 Å².